The number of nitrogens with zero attached hydrogens (tertiary/aromatic N) is 1. The van der Waals surface area contributed by atoms with Gasteiger partial charge < -0.3 is 0 Å². The van der Waals surface area contributed by atoms with Gasteiger partial charge in [-0.15, -0.1) is 11.8 Å². The summed E-state index contributed by atoms with van der Waals surface area (Å²) in [7, 11) is 0. The molecule has 0 aromatic heterocycles. The molecule has 1 aliphatic heterocycles. The van der Waals surface area contributed by atoms with Crippen molar-refractivity contribution in [1.82, 2.24) is 0 Å². The highest BCUT2D eigenvalue weighted by Crippen LogP contribution is 2.51. The minimum atomic E-state index is -0.246. The van der Waals surface area contributed by atoms with Gasteiger partial charge in [-0.1, -0.05) is 25.1 Å². The summed E-state index contributed by atoms with van der Waals surface area (Å²) in [4.78, 5) is 16.1. The Kier molecular flexibility index (Phi) is 2.61. The van der Waals surface area contributed by atoms with Crippen molar-refractivity contribution in [3.05, 3.63) is 29.3 Å². The van der Waals surface area contributed by atoms with Crippen LogP contribution in [0.1, 0.15) is 37.3 Å². The van der Waals surface area contributed by atoms with E-state index < -0.39 is 0 Å². The summed E-state index contributed by atoms with van der Waals surface area (Å²) in [6.45, 7) is 2.25. The quantitative estimate of drug-likeness (QED) is 0.590. The lowest BCUT2D eigenvalue weighted by Crippen LogP contribution is -2.32. The molecule has 17 heavy (non-hydrogen) atoms. The van der Waals surface area contributed by atoms with E-state index in [2.05, 4.69) is 30.1 Å². The highest BCUT2D eigenvalue weighted by atomic mass is 32.2. The summed E-state index contributed by atoms with van der Waals surface area (Å²) in [5.74, 6) is 0. The van der Waals surface area contributed by atoms with E-state index >= 15 is 0 Å². The first kappa shape index (κ1) is 11.1. The van der Waals surface area contributed by atoms with Gasteiger partial charge in [-0.25, -0.2) is 4.79 Å². The van der Waals surface area contributed by atoms with Crippen molar-refractivity contribution in [2.75, 3.05) is 0 Å². The monoisotopic (exact) mass is 245 g/mol. The lowest BCUT2D eigenvalue weighted by atomic mass is 9.72. The largest absolute Gasteiger partial charge is 0.235 e. The van der Waals surface area contributed by atoms with Gasteiger partial charge in [-0.2, -0.15) is 4.99 Å². The van der Waals surface area contributed by atoms with E-state index in [1.807, 2.05) is 11.8 Å². The van der Waals surface area contributed by atoms with E-state index in [0.29, 0.717) is 5.25 Å². The molecular formula is C14H15NOS. The van der Waals surface area contributed by atoms with Crippen molar-refractivity contribution < 1.29 is 4.79 Å². The number of aliphatic imine (C=N–C) groups is 1. The number of hydrogen-bond donors (Lipinski definition) is 0. The second kappa shape index (κ2) is 4.01. The Hall–Kier alpha value is -1.05. The van der Waals surface area contributed by atoms with E-state index in [9.17, 15) is 4.79 Å². The molecule has 0 spiro atoms. The van der Waals surface area contributed by atoms with E-state index in [1.165, 1.54) is 16.0 Å². The third-order valence-electron chi connectivity index (χ3n) is 3.86. The fourth-order valence-electron chi connectivity index (χ4n) is 2.84. The normalized spacial score (nSPS) is 24.6. The molecule has 0 radical (unpaired) electrons. The molecule has 1 saturated carbocycles. The molecule has 1 heterocycles. The molecule has 1 aromatic carbocycles. The molecule has 3 heteroatoms. The van der Waals surface area contributed by atoms with Crippen molar-refractivity contribution in [2.24, 2.45) is 4.99 Å². The van der Waals surface area contributed by atoms with Crippen LogP contribution in [-0.4, -0.2) is 11.3 Å². The summed E-state index contributed by atoms with van der Waals surface area (Å²) in [5, 5.41) is 0.642. The second-order valence-corrected chi connectivity index (χ2v) is 6.46. The standard InChI is InChI=1S/C14H15NOS/c1-10-8-11-4-2-5-12(13(11)17-10)14(15-9-16)6-3-7-14/h2,4-5,10H,3,6-8H2,1H3. The van der Waals surface area contributed by atoms with Gasteiger partial charge in [0.05, 0.1) is 5.54 Å². The van der Waals surface area contributed by atoms with Crippen LogP contribution < -0.4 is 0 Å². The highest BCUT2D eigenvalue weighted by Gasteiger charge is 2.42. The van der Waals surface area contributed by atoms with Crippen LogP contribution in [0.3, 0.4) is 0 Å². The van der Waals surface area contributed by atoms with Crippen molar-refractivity contribution in [2.45, 2.75) is 48.3 Å². The molecule has 1 unspecified atom stereocenters. The molecule has 88 valence electrons. The van der Waals surface area contributed by atoms with Crippen LogP contribution >= 0.6 is 11.8 Å². The first-order chi connectivity index (χ1) is 8.25. The smallest absolute Gasteiger partial charge is 0.211 e. The number of fused-ring (bicyclic) bond motifs is 1. The number of thioether (sulfide) groups is 1. The summed E-state index contributed by atoms with van der Waals surface area (Å²) < 4.78 is 0. The zero-order chi connectivity index (χ0) is 11.9. The van der Waals surface area contributed by atoms with E-state index in [-0.39, 0.29) is 5.54 Å². The Morgan fingerprint density at radius 1 is 1.47 bits per heavy atom. The topological polar surface area (TPSA) is 29.4 Å². The third-order valence-corrected chi connectivity index (χ3v) is 5.15. The molecule has 1 aromatic rings. The Bertz CT molecular complexity index is 501. The first-order valence-electron chi connectivity index (χ1n) is 6.13. The number of carbonyl (C=O) groups excluding carboxylic acids is 1. The maximum Gasteiger partial charge on any atom is 0.235 e. The zero-order valence-electron chi connectivity index (χ0n) is 9.90. The molecule has 2 aliphatic rings. The predicted molar refractivity (Wildman–Crippen MR) is 69.1 cm³/mol. The molecule has 0 saturated heterocycles. The average Bonchev–Trinajstić information content (AvgIpc) is 2.63. The van der Waals surface area contributed by atoms with E-state index in [1.54, 1.807) is 6.08 Å². The van der Waals surface area contributed by atoms with Crippen molar-refractivity contribution in [3.63, 3.8) is 0 Å². The Balaban J connectivity index is 2.10. The molecular weight excluding hydrogens is 230 g/mol. The van der Waals surface area contributed by atoms with Gasteiger partial charge in [0.15, 0.2) is 0 Å². The Morgan fingerprint density at radius 2 is 2.29 bits per heavy atom. The van der Waals surface area contributed by atoms with Gasteiger partial charge in [0.2, 0.25) is 6.08 Å². The minimum absolute atomic E-state index is 0.246. The number of rotatable bonds is 2. The van der Waals surface area contributed by atoms with Crippen LogP contribution in [0, 0.1) is 0 Å². The van der Waals surface area contributed by atoms with Crippen molar-refractivity contribution in [3.8, 4) is 0 Å². The van der Waals surface area contributed by atoms with Gasteiger partial charge >= 0.3 is 0 Å². The fraction of sp³-hybridized carbons (Fsp3) is 0.500. The SMILES string of the molecule is CC1Cc2cccc(C3(N=C=O)CCC3)c2S1. The van der Waals surface area contributed by atoms with E-state index in [0.717, 1.165) is 25.7 Å². The molecule has 0 bridgehead atoms. The molecule has 1 fully saturated rings. The van der Waals surface area contributed by atoms with Crippen LogP contribution in [-0.2, 0) is 16.8 Å². The lowest BCUT2D eigenvalue weighted by molar-refractivity contribution is 0.251. The van der Waals surface area contributed by atoms with Crippen LogP contribution in [0.2, 0.25) is 0 Å². The summed E-state index contributed by atoms with van der Waals surface area (Å²) >= 11 is 1.93. The summed E-state index contributed by atoms with van der Waals surface area (Å²) in [5.41, 5.74) is 2.44. The summed E-state index contributed by atoms with van der Waals surface area (Å²) in [6.07, 6.45) is 6.06. The Morgan fingerprint density at radius 3 is 2.94 bits per heavy atom. The van der Waals surface area contributed by atoms with Gasteiger partial charge in [0.1, 0.15) is 0 Å². The maximum absolute atomic E-state index is 10.7. The molecule has 0 amide bonds. The number of isocyanates is 1. The summed E-state index contributed by atoms with van der Waals surface area (Å²) in [6, 6.07) is 6.45. The van der Waals surface area contributed by atoms with Gasteiger partial charge in [-0.05, 0) is 36.8 Å². The maximum atomic E-state index is 10.7. The first-order valence-corrected chi connectivity index (χ1v) is 7.01. The van der Waals surface area contributed by atoms with Crippen LogP contribution in [0.15, 0.2) is 28.1 Å². The van der Waals surface area contributed by atoms with Crippen molar-refractivity contribution in [1.29, 1.82) is 0 Å². The zero-order valence-corrected chi connectivity index (χ0v) is 10.7. The third kappa shape index (κ3) is 1.65. The fourth-order valence-corrected chi connectivity index (χ4v) is 4.20. The van der Waals surface area contributed by atoms with Gasteiger partial charge in [-0.3, -0.25) is 0 Å². The van der Waals surface area contributed by atoms with E-state index in [4.69, 9.17) is 0 Å². The number of hydrogen-bond acceptors (Lipinski definition) is 3. The highest BCUT2D eigenvalue weighted by molar-refractivity contribution is 8.00. The average molecular weight is 245 g/mol. The van der Waals surface area contributed by atoms with Gasteiger partial charge in [0, 0.05) is 10.1 Å². The van der Waals surface area contributed by atoms with Crippen LogP contribution in [0.25, 0.3) is 0 Å². The lowest BCUT2D eigenvalue weighted by Gasteiger charge is -2.38. The van der Waals surface area contributed by atoms with Crippen molar-refractivity contribution >= 4 is 17.8 Å². The molecule has 1 aliphatic carbocycles. The second-order valence-electron chi connectivity index (χ2n) is 5.01. The molecule has 1 atom stereocenters. The minimum Gasteiger partial charge on any atom is -0.211 e. The van der Waals surface area contributed by atoms with Crippen LogP contribution in [0.4, 0.5) is 0 Å². The van der Waals surface area contributed by atoms with Gasteiger partial charge in [0.25, 0.3) is 0 Å². The molecule has 2 nitrogen and oxygen atoms in total. The Labute approximate surface area is 106 Å². The number of benzene rings is 1. The predicted octanol–water partition coefficient (Wildman–Crippen LogP) is 3.44. The molecule has 3 rings (SSSR count). The molecule has 0 N–H and O–H groups in total. The van der Waals surface area contributed by atoms with Crippen LogP contribution in [0.5, 0.6) is 0 Å².